The standard InChI is InChI=1S/C8H11NO3S2/c1-5-6(7(11)12)14-8(9-5)13-4-2-3-10/h10H,2-4H2,1H3,(H,11,12). The summed E-state index contributed by atoms with van der Waals surface area (Å²) in [7, 11) is 0. The predicted octanol–water partition coefficient (Wildman–Crippen LogP) is 1.62. The third kappa shape index (κ3) is 2.97. The molecule has 14 heavy (non-hydrogen) atoms. The monoisotopic (exact) mass is 233 g/mol. The molecule has 0 bridgehead atoms. The number of carbonyl (C=O) groups is 1. The average Bonchev–Trinajstić information content (AvgIpc) is 2.47. The number of thioether (sulfide) groups is 1. The summed E-state index contributed by atoms with van der Waals surface area (Å²) in [5.41, 5.74) is 0.564. The fourth-order valence-corrected chi connectivity index (χ4v) is 2.88. The van der Waals surface area contributed by atoms with Gasteiger partial charge in [0.15, 0.2) is 4.34 Å². The van der Waals surface area contributed by atoms with Gasteiger partial charge >= 0.3 is 5.97 Å². The maximum atomic E-state index is 10.7. The van der Waals surface area contributed by atoms with Gasteiger partial charge in [-0.1, -0.05) is 11.8 Å². The fourth-order valence-electron chi connectivity index (χ4n) is 0.856. The molecule has 0 aromatic carbocycles. The second kappa shape index (κ2) is 5.33. The van der Waals surface area contributed by atoms with Gasteiger partial charge in [-0.25, -0.2) is 9.78 Å². The number of hydrogen-bond donors (Lipinski definition) is 2. The van der Waals surface area contributed by atoms with Gasteiger partial charge < -0.3 is 10.2 Å². The van der Waals surface area contributed by atoms with E-state index in [0.717, 1.165) is 10.1 Å². The number of rotatable bonds is 5. The highest BCUT2D eigenvalue weighted by molar-refractivity contribution is 8.01. The van der Waals surface area contributed by atoms with Gasteiger partial charge in [-0.3, -0.25) is 0 Å². The van der Waals surface area contributed by atoms with Crippen LogP contribution in [-0.2, 0) is 0 Å². The summed E-state index contributed by atoms with van der Waals surface area (Å²) in [6, 6.07) is 0. The summed E-state index contributed by atoms with van der Waals surface area (Å²) in [5, 5.41) is 17.3. The quantitative estimate of drug-likeness (QED) is 0.597. The minimum Gasteiger partial charge on any atom is -0.477 e. The highest BCUT2D eigenvalue weighted by Gasteiger charge is 2.13. The minimum absolute atomic E-state index is 0.156. The molecule has 0 radical (unpaired) electrons. The number of aryl methyl sites for hydroxylation is 1. The summed E-state index contributed by atoms with van der Waals surface area (Å²) < 4.78 is 0.758. The van der Waals surface area contributed by atoms with Crippen molar-refractivity contribution in [2.24, 2.45) is 0 Å². The summed E-state index contributed by atoms with van der Waals surface area (Å²) in [6.45, 7) is 1.85. The van der Waals surface area contributed by atoms with Crippen LogP contribution < -0.4 is 0 Å². The van der Waals surface area contributed by atoms with Crippen LogP contribution in [0.1, 0.15) is 21.8 Å². The molecule has 1 aromatic rings. The van der Waals surface area contributed by atoms with E-state index in [1.54, 1.807) is 6.92 Å². The highest BCUT2D eigenvalue weighted by atomic mass is 32.2. The SMILES string of the molecule is Cc1nc(SCCCO)sc1C(=O)O. The lowest BCUT2D eigenvalue weighted by Crippen LogP contribution is -1.94. The number of hydrogen-bond acceptors (Lipinski definition) is 5. The molecule has 0 saturated heterocycles. The van der Waals surface area contributed by atoms with E-state index in [1.165, 1.54) is 23.1 Å². The van der Waals surface area contributed by atoms with Crippen LogP contribution >= 0.6 is 23.1 Å². The largest absolute Gasteiger partial charge is 0.477 e. The lowest BCUT2D eigenvalue weighted by Gasteiger charge is -1.92. The Morgan fingerprint density at radius 3 is 2.86 bits per heavy atom. The predicted molar refractivity (Wildman–Crippen MR) is 56.2 cm³/mol. The van der Waals surface area contributed by atoms with Crippen LogP contribution in [0.25, 0.3) is 0 Å². The second-order valence-corrected chi connectivity index (χ2v) is 4.97. The number of aromatic nitrogens is 1. The van der Waals surface area contributed by atoms with Gasteiger partial charge in [-0.15, -0.1) is 11.3 Å². The molecule has 0 aliphatic rings. The molecule has 0 amide bonds. The molecule has 0 atom stereocenters. The molecule has 1 aromatic heterocycles. The molecule has 78 valence electrons. The molecule has 0 aliphatic carbocycles. The third-order valence-electron chi connectivity index (χ3n) is 1.50. The van der Waals surface area contributed by atoms with Crippen LogP contribution in [0.3, 0.4) is 0 Å². The van der Waals surface area contributed by atoms with E-state index in [1.807, 2.05) is 0 Å². The average molecular weight is 233 g/mol. The first-order chi connectivity index (χ1) is 6.65. The van der Waals surface area contributed by atoms with Gasteiger partial charge in [0.25, 0.3) is 0 Å². The molecule has 6 heteroatoms. The summed E-state index contributed by atoms with van der Waals surface area (Å²) in [5.74, 6) is -0.156. The van der Waals surface area contributed by atoms with Crippen LogP contribution in [0.4, 0.5) is 0 Å². The van der Waals surface area contributed by atoms with E-state index in [0.29, 0.717) is 17.0 Å². The van der Waals surface area contributed by atoms with E-state index in [2.05, 4.69) is 4.98 Å². The Morgan fingerprint density at radius 1 is 1.64 bits per heavy atom. The van der Waals surface area contributed by atoms with Crippen molar-refractivity contribution in [2.75, 3.05) is 12.4 Å². The van der Waals surface area contributed by atoms with Crippen molar-refractivity contribution in [3.05, 3.63) is 10.6 Å². The Labute approximate surface area is 90.0 Å². The third-order valence-corrected chi connectivity index (χ3v) is 3.87. The maximum absolute atomic E-state index is 10.7. The van der Waals surface area contributed by atoms with Crippen LogP contribution in [-0.4, -0.2) is 33.5 Å². The van der Waals surface area contributed by atoms with Crippen molar-refractivity contribution in [1.29, 1.82) is 0 Å². The van der Waals surface area contributed by atoms with Crippen molar-refractivity contribution in [3.63, 3.8) is 0 Å². The first-order valence-corrected chi connectivity index (χ1v) is 5.89. The number of thiazole rings is 1. The first kappa shape index (κ1) is 11.5. The smallest absolute Gasteiger partial charge is 0.347 e. The summed E-state index contributed by atoms with van der Waals surface area (Å²) >= 11 is 2.67. The van der Waals surface area contributed by atoms with Gasteiger partial charge in [-0.2, -0.15) is 0 Å². The Hall–Kier alpha value is -0.590. The molecule has 2 N–H and O–H groups in total. The Balaban J connectivity index is 2.62. The zero-order chi connectivity index (χ0) is 10.6. The zero-order valence-electron chi connectivity index (χ0n) is 7.69. The molecular weight excluding hydrogens is 222 g/mol. The Morgan fingerprint density at radius 2 is 2.36 bits per heavy atom. The normalized spacial score (nSPS) is 10.4. The van der Waals surface area contributed by atoms with Gasteiger partial charge in [0.1, 0.15) is 4.88 Å². The molecule has 0 spiro atoms. The van der Waals surface area contributed by atoms with Gasteiger partial charge in [-0.05, 0) is 13.3 Å². The van der Waals surface area contributed by atoms with Crippen molar-refractivity contribution in [1.82, 2.24) is 4.98 Å². The molecule has 1 rings (SSSR count). The molecular formula is C8H11NO3S2. The van der Waals surface area contributed by atoms with Crippen molar-refractivity contribution < 1.29 is 15.0 Å². The summed E-state index contributed by atoms with van der Waals surface area (Å²) in [4.78, 5) is 15.1. The van der Waals surface area contributed by atoms with E-state index in [4.69, 9.17) is 10.2 Å². The number of carboxylic acid groups (broad SMARTS) is 1. The van der Waals surface area contributed by atoms with E-state index in [-0.39, 0.29) is 6.61 Å². The number of aromatic carboxylic acids is 1. The van der Waals surface area contributed by atoms with Crippen LogP contribution in [0, 0.1) is 6.92 Å². The van der Waals surface area contributed by atoms with Crippen LogP contribution in [0.5, 0.6) is 0 Å². The number of carboxylic acids is 1. The highest BCUT2D eigenvalue weighted by Crippen LogP contribution is 2.27. The first-order valence-electron chi connectivity index (χ1n) is 4.09. The topological polar surface area (TPSA) is 70.4 Å². The lowest BCUT2D eigenvalue weighted by atomic mass is 10.4. The maximum Gasteiger partial charge on any atom is 0.347 e. The molecule has 4 nitrogen and oxygen atoms in total. The Kier molecular flexibility index (Phi) is 4.37. The van der Waals surface area contributed by atoms with Gasteiger partial charge in [0, 0.05) is 12.4 Å². The Bertz CT molecular complexity index is 324. The van der Waals surface area contributed by atoms with Crippen LogP contribution in [0.2, 0.25) is 0 Å². The van der Waals surface area contributed by atoms with Gasteiger partial charge in [0.05, 0.1) is 5.69 Å². The number of aliphatic hydroxyl groups is 1. The van der Waals surface area contributed by atoms with E-state index >= 15 is 0 Å². The van der Waals surface area contributed by atoms with Gasteiger partial charge in [0.2, 0.25) is 0 Å². The molecule has 1 heterocycles. The number of aliphatic hydroxyl groups excluding tert-OH is 1. The van der Waals surface area contributed by atoms with Crippen molar-refractivity contribution in [3.8, 4) is 0 Å². The van der Waals surface area contributed by atoms with Crippen molar-refractivity contribution in [2.45, 2.75) is 17.7 Å². The van der Waals surface area contributed by atoms with Crippen LogP contribution in [0.15, 0.2) is 4.34 Å². The lowest BCUT2D eigenvalue weighted by molar-refractivity contribution is 0.0701. The molecule has 0 aliphatic heterocycles. The van der Waals surface area contributed by atoms with E-state index in [9.17, 15) is 4.79 Å². The summed E-state index contributed by atoms with van der Waals surface area (Å²) in [6.07, 6.45) is 0.700. The van der Waals surface area contributed by atoms with Crippen molar-refractivity contribution >= 4 is 29.1 Å². The van der Waals surface area contributed by atoms with E-state index < -0.39 is 5.97 Å². The second-order valence-electron chi connectivity index (χ2n) is 2.63. The minimum atomic E-state index is -0.922. The molecule has 0 unspecified atom stereocenters. The molecule has 0 fully saturated rings. The molecule has 0 saturated carbocycles. The fraction of sp³-hybridized carbons (Fsp3) is 0.500. The zero-order valence-corrected chi connectivity index (χ0v) is 9.32. The number of nitrogens with zero attached hydrogens (tertiary/aromatic N) is 1.